The molecule has 4 aliphatic carbocycles. The Labute approximate surface area is 823 Å². The molecule has 8 heterocycles. The maximum absolute atomic E-state index is 14.9. The van der Waals surface area contributed by atoms with E-state index in [2.05, 4.69) is 146 Å². The highest BCUT2D eigenvalue weighted by atomic mass is 79.9. The van der Waals surface area contributed by atoms with Crippen molar-refractivity contribution in [2.24, 2.45) is 43.6 Å². The van der Waals surface area contributed by atoms with Crippen molar-refractivity contribution in [3.8, 4) is 0 Å². The number of thioether (sulfide) groups is 4. The van der Waals surface area contributed by atoms with Crippen LogP contribution in [-0.2, 0) is 64.8 Å². The molecule has 0 unspecified atom stereocenters. The summed E-state index contributed by atoms with van der Waals surface area (Å²) in [5.41, 5.74) is 1.12. The lowest BCUT2D eigenvalue weighted by atomic mass is 9.87. The third kappa shape index (κ3) is 30.1. The average Bonchev–Trinajstić information content (AvgIpc) is 1.53. The van der Waals surface area contributed by atoms with Gasteiger partial charge in [-0.2, -0.15) is 17.6 Å². The largest absolute Gasteiger partial charge is 0.443 e. The number of amides is 4. The third-order valence-corrected chi connectivity index (χ3v) is 36.5. The average molecular weight is 2180 g/mol. The number of nitrogens with zero attached hydrogens (tertiary/aromatic N) is 12. The topological polar surface area (TPSA) is 319 Å². The molecule has 8 aliphatic rings. The molecule has 42 heteroatoms. The Morgan fingerprint density at radius 3 is 1.03 bits per heavy atom. The summed E-state index contributed by atoms with van der Waals surface area (Å²) in [7, 11) is -5.18. The van der Waals surface area contributed by atoms with E-state index in [-0.39, 0.29) is 78.4 Å². The van der Waals surface area contributed by atoms with E-state index < -0.39 is 135 Å². The number of hydrogen-bond donors (Lipinski definition) is 2. The number of carbonyl (C=O) groups excluding carboxylic acids is 5. The van der Waals surface area contributed by atoms with Crippen LogP contribution in [0.3, 0.4) is 0 Å². The SMILES string of the molecule is CC(C)(C)OC(=O)N(COCC[Si](C)(C)C)C1=N[C@](C)(c2cc(Br)cnc2F)[C@@H]2C[C@@H]2S1.CC(C)(C)OC(=O)N(COCC[Si](C)(C)C)C1=N[C@](C)(c2cc(Br)cnc2F)[C@@H]2C[C@]2(C=O)S1.CC(C)(C)OC(=O)N(COCC[Si](C)(C)C)C1=N[C@](C)(c2cc(Br)cnc2F)[C@@H]2C[C@]2(CO)S1.CC(C)(C)OC(=O)N(COCC[Si](C)(C)C)C1=N[C@](C)(c2cc(N)cnc2F)[C@@H]2C[C@@H]2S1. The fourth-order valence-corrected chi connectivity index (χ4v) is 25.0. The van der Waals surface area contributed by atoms with Gasteiger partial charge in [0.2, 0.25) is 23.8 Å². The van der Waals surface area contributed by atoms with Crippen LogP contribution in [0.25, 0.3) is 0 Å². The van der Waals surface area contributed by atoms with Gasteiger partial charge in [0.25, 0.3) is 0 Å². The van der Waals surface area contributed by atoms with Crippen molar-refractivity contribution in [2.45, 2.75) is 304 Å². The number of aromatic nitrogens is 4. The molecule has 4 aromatic rings. The number of aliphatic imine (C=N–C) groups is 4. The van der Waals surface area contributed by atoms with Crippen molar-refractivity contribution < 1.29 is 84.5 Å². The van der Waals surface area contributed by atoms with Gasteiger partial charge in [0.1, 0.15) is 55.6 Å². The van der Waals surface area contributed by atoms with Crippen LogP contribution in [0.1, 0.15) is 159 Å². The summed E-state index contributed by atoms with van der Waals surface area (Å²) in [6.45, 7) is 58.3. The van der Waals surface area contributed by atoms with Crippen molar-refractivity contribution in [1.29, 1.82) is 0 Å². The van der Waals surface area contributed by atoms with Gasteiger partial charge in [-0.1, -0.05) is 126 Å². The molecule has 4 saturated carbocycles. The molecule has 12 atom stereocenters. The van der Waals surface area contributed by atoms with Crippen molar-refractivity contribution in [2.75, 3.05) is 65.7 Å². The van der Waals surface area contributed by atoms with Crippen molar-refractivity contribution in [3.05, 3.63) is 109 Å². The van der Waals surface area contributed by atoms with E-state index in [4.69, 9.17) is 63.6 Å². The number of nitrogen functional groups attached to an aromatic ring is 1. The van der Waals surface area contributed by atoms with Gasteiger partial charge in [-0.25, -0.2) is 58.7 Å². The molecule has 12 rings (SSSR count). The maximum Gasteiger partial charge on any atom is 0.418 e. The van der Waals surface area contributed by atoms with Gasteiger partial charge in [-0.3, -0.25) is 20.0 Å². The quantitative estimate of drug-likeness (QED) is 0.0112. The minimum Gasteiger partial charge on any atom is -0.443 e. The lowest BCUT2D eigenvalue weighted by Gasteiger charge is -2.37. The van der Waals surface area contributed by atoms with Crippen LogP contribution in [0, 0.1) is 47.5 Å². The van der Waals surface area contributed by atoms with E-state index in [1.807, 2.05) is 62.3 Å². The predicted octanol–water partition coefficient (Wildman–Crippen LogP) is 22.7. The highest BCUT2D eigenvalue weighted by Crippen LogP contribution is 2.68. The first-order chi connectivity index (χ1) is 60.6. The van der Waals surface area contributed by atoms with Crippen LogP contribution in [0.5, 0.6) is 0 Å². The van der Waals surface area contributed by atoms with Gasteiger partial charge in [0, 0.05) is 147 Å². The Morgan fingerprint density at radius 2 is 0.727 bits per heavy atom. The molecule has 27 nitrogen and oxygen atoms in total. The summed E-state index contributed by atoms with van der Waals surface area (Å²) in [5, 5.41) is 12.4. The molecule has 0 radical (unpaired) electrons. The second kappa shape index (κ2) is 42.6. The number of aliphatic hydroxyl groups is 1. The number of nitrogens with two attached hydrogens (primary N) is 1. The van der Waals surface area contributed by atoms with Crippen LogP contribution >= 0.6 is 94.8 Å². The number of pyridine rings is 4. The summed E-state index contributed by atoms with van der Waals surface area (Å²) in [6.07, 6.45) is 7.10. The molecule has 4 aromatic heterocycles. The number of aldehydes is 1. The van der Waals surface area contributed by atoms with Crippen LogP contribution in [0.15, 0.2) is 82.4 Å². The monoisotopic (exact) mass is 2180 g/mol. The van der Waals surface area contributed by atoms with Crippen molar-refractivity contribution in [3.63, 3.8) is 0 Å². The summed E-state index contributed by atoms with van der Waals surface area (Å²) in [6, 6.07) is 10.5. The predicted molar refractivity (Wildman–Crippen MR) is 541 cm³/mol. The number of fused-ring (bicyclic) bond motifs is 4. The zero-order valence-electron chi connectivity index (χ0n) is 81.7. The Bertz CT molecular complexity index is 4840. The van der Waals surface area contributed by atoms with Gasteiger partial charge >= 0.3 is 24.4 Å². The highest BCUT2D eigenvalue weighted by molar-refractivity contribution is 9.11. The van der Waals surface area contributed by atoms with E-state index in [1.165, 1.54) is 79.7 Å². The van der Waals surface area contributed by atoms with Crippen LogP contribution in [0.2, 0.25) is 103 Å². The molecular weight excluding hydrogens is 2040 g/mol. The second-order valence-corrected chi connectivity index (χ2v) is 74.6. The summed E-state index contributed by atoms with van der Waals surface area (Å²) < 4.78 is 106. The number of carbonyl (C=O) groups is 5. The van der Waals surface area contributed by atoms with Gasteiger partial charge in [0.05, 0.1) is 50.1 Å². The number of hydrogen-bond acceptors (Lipinski definition) is 27. The normalized spacial score (nSPS) is 25.8. The number of amidine groups is 4. The van der Waals surface area contributed by atoms with Crippen molar-refractivity contribution in [1.82, 2.24) is 39.5 Å². The zero-order chi connectivity index (χ0) is 98.8. The van der Waals surface area contributed by atoms with Crippen LogP contribution in [-0.4, -0.2) is 231 Å². The first-order valence-corrected chi connectivity index (χ1v) is 65.1. The third-order valence-electron chi connectivity index (χ3n) is 22.8. The fourth-order valence-electron chi connectivity index (χ4n) is 14.9. The molecule has 0 aromatic carbocycles. The zero-order valence-corrected chi connectivity index (χ0v) is 93.7. The molecule has 4 amide bonds. The number of rotatable bonds is 26. The molecule has 132 heavy (non-hydrogen) atoms. The highest BCUT2D eigenvalue weighted by Gasteiger charge is 2.70. The molecule has 0 spiro atoms. The summed E-state index contributed by atoms with van der Waals surface area (Å²) >= 11 is 15.8. The lowest BCUT2D eigenvalue weighted by Crippen LogP contribution is -2.46. The van der Waals surface area contributed by atoms with Gasteiger partial charge in [-0.15, -0.1) is 0 Å². The van der Waals surface area contributed by atoms with E-state index >= 15 is 0 Å². The van der Waals surface area contributed by atoms with Gasteiger partial charge in [-0.05, 0) is 233 Å². The number of ether oxygens (including phenoxy) is 8. The Hall–Kier alpha value is -4.94. The standard InChI is InChI=1S/C23H35BrFN3O4SSi.C23H33BrFN3O4SSi.C22H33BrFN3O3SSi.C22H35FN4O3SSi/c2*1-21(2,3)32-20(30)28(14-31-8-9-34(5,6)7)19-27-22(4,17-11-23(17,13-29)33-19)16-10-15(24)12-26-18(16)25;1-21(2,3)30-20(28)27(13-29-8-9-32(5,6)7)19-26-22(4,15-11-17(15)31-19)16-10-14(23)12-25-18(16)24;1-21(2,3)30-20(28)27(13-29-8-9-32(5,6)7)19-26-22(4,15-11-17(15)31-19)16-10-14(24)12-25-18(16)23/h10,12,17,29H,8-9,11,13-14H2,1-7H3;10,12-13,17H,8-9,11,14H2,1-7H3;10,12,15,17H,8-9,11,13H2,1-7H3;10,12,15,17H,8-9,11,13,24H2,1-7H3/t2*17-,22+,23+;2*15-,17+,22+/m0011/s1. The molecule has 4 aliphatic heterocycles. The first-order valence-electron chi connectivity index (χ1n) is 44.5. The molecule has 3 N–H and O–H groups in total. The minimum atomic E-state index is -1.33. The van der Waals surface area contributed by atoms with Crippen molar-refractivity contribution >= 4 is 184 Å². The second-order valence-electron chi connectivity index (χ2n) is 44.3. The summed E-state index contributed by atoms with van der Waals surface area (Å²) in [5.74, 6) is -2.36. The van der Waals surface area contributed by atoms with Gasteiger partial charge in [0.15, 0.2) is 20.7 Å². The maximum atomic E-state index is 14.9. The first kappa shape index (κ1) is 111. The smallest absolute Gasteiger partial charge is 0.418 e. The lowest BCUT2D eigenvalue weighted by molar-refractivity contribution is -0.108. The number of anilines is 1. The number of halogens is 7. The Morgan fingerprint density at radius 1 is 0.447 bits per heavy atom. The fraction of sp³-hybridized carbons (Fsp3) is 0.678. The van der Waals surface area contributed by atoms with Gasteiger partial charge < -0.3 is 53.5 Å². The van der Waals surface area contributed by atoms with E-state index in [0.717, 1.165) is 43.3 Å². The molecule has 0 bridgehead atoms. The van der Waals surface area contributed by atoms with E-state index in [1.54, 1.807) is 84.5 Å². The van der Waals surface area contributed by atoms with E-state index in [0.29, 0.717) is 90.6 Å². The van der Waals surface area contributed by atoms with E-state index in [9.17, 15) is 46.6 Å². The van der Waals surface area contributed by atoms with Crippen LogP contribution < -0.4 is 5.73 Å². The molecule has 4 fully saturated rings. The molecular formula is C90H136Br3F4N13O14S4Si4. The number of aliphatic hydroxyl groups excluding tert-OH is 1. The molecule has 0 saturated heterocycles. The molecule has 734 valence electrons. The minimum absolute atomic E-state index is 0.0350. The Kier molecular flexibility index (Phi) is 35.7. The van der Waals surface area contributed by atoms with Crippen LogP contribution in [0.4, 0.5) is 42.4 Å². The Balaban J connectivity index is 0.000000198. The summed E-state index contributed by atoms with van der Waals surface area (Å²) in [4.78, 5) is 105.